The van der Waals surface area contributed by atoms with E-state index in [1.807, 2.05) is 0 Å². The Labute approximate surface area is 190 Å². The Kier molecular flexibility index (Phi) is 8.59. The number of carbonyl (C=O) groups is 1. The van der Waals surface area contributed by atoms with Crippen molar-refractivity contribution < 1.29 is 41.0 Å². The predicted octanol–water partition coefficient (Wildman–Crippen LogP) is 6.32. The summed E-state index contributed by atoms with van der Waals surface area (Å²) >= 11 is 0. The van der Waals surface area contributed by atoms with E-state index in [1.165, 1.54) is 12.1 Å². The smallest absolute Gasteiger partial charge is 0.490 e. The Hall–Kier alpha value is -1.90. The van der Waals surface area contributed by atoms with Crippen LogP contribution in [0.1, 0.15) is 70.3 Å². The summed E-state index contributed by atoms with van der Waals surface area (Å²) in [5, 5.41) is 0. The third-order valence-electron chi connectivity index (χ3n) is 6.73. The number of halogens is 5. The third-order valence-corrected chi connectivity index (χ3v) is 6.73. The average Bonchev–Trinajstić information content (AvgIpc) is 2.77. The van der Waals surface area contributed by atoms with Gasteiger partial charge in [-0.05, 0) is 49.7 Å². The zero-order chi connectivity index (χ0) is 24.2. The fraction of sp³-hybridized carbons (Fsp3) is 0.708. The van der Waals surface area contributed by atoms with Crippen LogP contribution in [0.2, 0.25) is 0 Å². The molecule has 0 bridgehead atoms. The molecular formula is C24H31F5O4. The second-order valence-corrected chi connectivity index (χ2v) is 8.96. The maximum absolute atomic E-state index is 14.7. The number of alkyl halides is 3. The second-order valence-electron chi connectivity index (χ2n) is 8.96. The fourth-order valence-electron chi connectivity index (χ4n) is 5.14. The van der Waals surface area contributed by atoms with Crippen LogP contribution < -0.4 is 4.74 Å². The highest BCUT2D eigenvalue weighted by molar-refractivity contribution is 5.75. The van der Waals surface area contributed by atoms with Crippen molar-refractivity contribution in [3.05, 3.63) is 29.3 Å². The summed E-state index contributed by atoms with van der Waals surface area (Å²) in [7, 11) is 0. The summed E-state index contributed by atoms with van der Waals surface area (Å²) < 4.78 is 83.7. The van der Waals surface area contributed by atoms with Crippen molar-refractivity contribution >= 4 is 5.97 Å². The molecule has 186 valence electrons. The van der Waals surface area contributed by atoms with Crippen molar-refractivity contribution in [3.63, 3.8) is 0 Å². The molecule has 0 spiro atoms. The van der Waals surface area contributed by atoms with Gasteiger partial charge in [-0.2, -0.15) is 17.6 Å². The van der Waals surface area contributed by atoms with Gasteiger partial charge in [0.05, 0.1) is 19.3 Å². The number of benzene rings is 1. The van der Waals surface area contributed by atoms with Crippen LogP contribution in [0.4, 0.5) is 22.0 Å². The van der Waals surface area contributed by atoms with E-state index in [1.54, 1.807) is 6.92 Å². The Morgan fingerprint density at radius 2 is 1.79 bits per heavy atom. The van der Waals surface area contributed by atoms with Crippen LogP contribution in [-0.4, -0.2) is 37.6 Å². The van der Waals surface area contributed by atoms with Crippen LogP contribution in [0.25, 0.3) is 0 Å². The highest BCUT2D eigenvalue weighted by Crippen LogP contribution is 2.41. The molecule has 4 nitrogen and oxygen atoms in total. The molecule has 0 N–H and O–H groups in total. The number of hydrogen-bond acceptors (Lipinski definition) is 4. The van der Waals surface area contributed by atoms with Gasteiger partial charge < -0.3 is 14.2 Å². The van der Waals surface area contributed by atoms with Crippen LogP contribution in [0, 0.1) is 23.5 Å². The largest absolute Gasteiger partial charge is 0.491 e. The standard InChI is InChI=1S/C24H31F5O4/c1-3-5-14-6-8-15(9-7-14)22-19(33-23(30)24(27,28)29)12-16(13-32-22)17-10-11-18(31-4-2)21(26)20(17)25/h10-11,14-16,19,22H,3-9,12-13H2,1-2H3/t14?,15?,16-,19+,22-/m1/s1. The van der Waals surface area contributed by atoms with Crippen LogP contribution in [0.5, 0.6) is 5.75 Å². The van der Waals surface area contributed by atoms with E-state index in [-0.39, 0.29) is 36.9 Å². The molecule has 1 aromatic carbocycles. The molecule has 33 heavy (non-hydrogen) atoms. The monoisotopic (exact) mass is 478 g/mol. The van der Waals surface area contributed by atoms with E-state index < -0.39 is 41.9 Å². The lowest BCUT2D eigenvalue weighted by molar-refractivity contribution is -0.218. The lowest BCUT2D eigenvalue weighted by atomic mass is 9.74. The Balaban J connectivity index is 1.78. The molecule has 0 unspecified atom stereocenters. The molecule has 1 aliphatic heterocycles. The van der Waals surface area contributed by atoms with Gasteiger partial charge in [0.2, 0.25) is 5.82 Å². The van der Waals surface area contributed by atoms with Crippen molar-refractivity contribution in [2.24, 2.45) is 11.8 Å². The van der Waals surface area contributed by atoms with Gasteiger partial charge in [-0.3, -0.25) is 0 Å². The van der Waals surface area contributed by atoms with Gasteiger partial charge in [-0.1, -0.05) is 38.7 Å². The molecule has 1 saturated heterocycles. The Morgan fingerprint density at radius 1 is 1.09 bits per heavy atom. The van der Waals surface area contributed by atoms with Crippen LogP contribution >= 0.6 is 0 Å². The number of rotatable bonds is 7. The van der Waals surface area contributed by atoms with E-state index >= 15 is 0 Å². The van der Waals surface area contributed by atoms with E-state index in [0.29, 0.717) is 5.92 Å². The topological polar surface area (TPSA) is 44.8 Å². The lowest BCUT2D eigenvalue weighted by Gasteiger charge is -2.42. The second kappa shape index (κ2) is 11.0. The Bertz CT molecular complexity index is 805. The van der Waals surface area contributed by atoms with E-state index in [0.717, 1.165) is 38.5 Å². The molecule has 0 amide bonds. The van der Waals surface area contributed by atoms with Gasteiger partial charge in [0, 0.05) is 5.92 Å². The normalized spacial score (nSPS) is 28.4. The number of esters is 1. The number of carbonyl (C=O) groups excluding carboxylic acids is 1. The molecule has 3 rings (SSSR count). The van der Waals surface area contributed by atoms with Gasteiger partial charge in [-0.15, -0.1) is 0 Å². The van der Waals surface area contributed by atoms with Crippen molar-refractivity contribution in [1.82, 2.24) is 0 Å². The average molecular weight is 478 g/mol. The minimum Gasteiger partial charge on any atom is -0.491 e. The Morgan fingerprint density at radius 3 is 2.39 bits per heavy atom. The molecule has 2 fully saturated rings. The molecular weight excluding hydrogens is 447 g/mol. The van der Waals surface area contributed by atoms with Crippen molar-refractivity contribution in [3.8, 4) is 5.75 Å². The zero-order valence-corrected chi connectivity index (χ0v) is 18.9. The number of ether oxygens (including phenoxy) is 3. The molecule has 0 aromatic heterocycles. The van der Waals surface area contributed by atoms with E-state index in [4.69, 9.17) is 14.2 Å². The van der Waals surface area contributed by atoms with Crippen molar-refractivity contribution in [1.29, 1.82) is 0 Å². The molecule has 1 saturated carbocycles. The summed E-state index contributed by atoms with van der Waals surface area (Å²) in [6, 6.07) is 2.63. The van der Waals surface area contributed by atoms with E-state index in [2.05, 4.69) is 6.92 Å². The summed E-state index contributed by atoms with van der Waals surface area (Å²) in [5.41, 5.74) is -0.0332. The molecule has 9 heteroatoms. The van der Waals surface area contributed by atoms with Crippen LogP contribution in [0.3, 0.4) is 0 Å². The molecule has 2 aliphatic rings. The third kappa shape index (κ3) is 6.16. The first-order valence-electron chi connectivity index (χ1n) is 11.7. The highest BCUT2D eigenvalue weighted by Gasteiger charge is 2.47. The number of hydrogen-bond donors (Lipinski definition) is 0. The summed E-state index contributed by atoms with van der Waals surface area (Å²) in [6.45, 7) is 3.91. The summed E-state index contributed by atoms with van der Waals surface area (Å²) in [4.78, 5) is 11.6. The van der Waals surface area contributed by atoms with Crippen LogP contribution in [-0.2, 0) is 14.3 Å². The highest BCUT2D eigenvalue weighted by atomic mass is 19.4. The van der Waals surface area contributed by atoms with Gasteiger partial charge in [0.1, 0.15) is 6.10 Å². The molecule has 1 aromatic rings. The maximum Gasteiger partial charge on any atom is 0.490 e. The quantitative estimate of drug-likeness (QED) is 0.340. The first-order chi connectivity index (χ1) is 15.7. The molecule has 1 heterocycles. The van der Waals surface area contributed by atoms with Crippen molar-refractivity contribution in [2.75, 3.05) is 13.2 Å². The maximum atomic E-state index is 14.7. The molecule has 0 radical (unpaired) electrons. The molecule has 1 aliphatic carbocycles. The minimum atomic E-state index is -5.15. The lowest BCUT2D eigenvalue weighted by Crippen LogP contribution is -2.47. The zero-order valence-electron chi connectivity index (χ0n) is 18.9. The minimum absolute atomic E-state index is 0.00393. The van der Waals surface area contributed by atoms with Gasteiger partial charge in [-0.25, -0.2) is 9.18 Å². The van der Waals surface area contributed by atoms with Crippen LogP contribution in [0.15, 0.2) is 12.1 Å². The first-order valence-corrected chi connectivity index (χ1v) is 11.7. The summed E-state index contributed by atoms with van der Waals surface area (Å²) in [5.74, 6) is -5.04. The van der Waals surface area contributed by atoms with Gasteiger partial charge in [0.25, 0.3) is 0 Å². The van der Waals surface area contributed by atoms with Crippen molar-refractivity contribution in [2.45, 2.75) is 83.1 Å². The van der Waals surface area contributed by atoms with E-state index in [9.17, 15) is 26.7 Å². The first kappa shape index (κ1) is 25.7. The summed E-state index contributed by atoms with van der Waals surface area (Å²) in [6.07, 6.45) is -1.51. The fourth-order valence-corrected chi connectivity index (χ4v) is 5.14. The van der Waals surface area contributed by atoms with Gasteiger partial charge in [0.15, 0.2) is 11.6 Å². The van der Waals surface area contributed by atoms with Gasteiger partial charge >= 0.3 is 12.1 Å². The SMILES string of the molecule is CCCC1CCC([C@H]2OC[C@H](c3ccc(OCC)c(F)c3F)C[C@@H]2OC(=O)C(F)(F)F)CC1. The molecule has 3 atom stereocenters. The predicted molar refractivity (Wildman–Crippen MR) is 111 cm³/mol.